The van der Waals surface area contributed by atoms with Gasteiger partial charge in [-0.3, -0.25) is 14.4 Å². The summed E-state index contributed by atoms with van der Waals surface area (Å²) in [6, 6.07) is 10.6. The Labute approximate surface area is 228 Å². The molecule has 2 aromatic rings. The van der Waals surface area contributed by atoms with Crippen molar-refractivity contribution in [3.05, 3.63) is 74.0 Å². The molecule has 1 amide bonds. The number of methoxy groups -OCH3 is 1. The van der Waals surface area contributed by atoms with Gasteiger partial charge in [0.15, 0.2) is 29.7 Å². The highest BCUT2D eigenvalue weighted by Crippen LogP contribution is 2.48. The van der Waals surface area contributed by atoms with Crippen molar-refractivity contribution in [2.75, 3.05) is 19.0 Å². The van der Waals surface area contributed by atoms with Crippen molar-refractivity contribution >= 4 is 50.7 Å². The van der Waals surface area contributed by atoms with Gasteiger partial charge in [0, 0.05) is 41.3 Å². The maximum atomic E-state index is 13.1. The molecular formula is C28H26BrClN2O5. The van der Waals surface area contributed by atoms with Crippen molar-refractivity contribution in [2.24, 2.45) is 0 Å². The number of ether oxygens (including phenoxy) is 2. The molecular weight excluding hydrogens is 560 g/mol. The number of nitrogens with one attached hydrogen (secondary N) is 2. The fourth-order valence-corrected chi connectivity index (χ4v) is 6.01. The molecule has 0 radical (unpaired) electrons. The zero-order valence-electron chi connectivity index (χ0n) is 20.3. The van der Waals surface area contributed by atoms with Crippen LogP contribution in [0.1, 0.15) is 50.0 Å². The van der Waals surface area contributed by atoms with Gasteiger partial charge < -0.3 is 20.1 Å². The number of dihydropyridines is 1. The number of para-hydroxylation sites is 1. The van der Waals surface area contributed by atoms with E-state index in [2.05, 4.69) is 26.6 Å². The fourth-order valence-electron chi connectivity index (χ4n) is 5.25. The number of amides is 1. The predicted octanol–water partition coefficient (Wildman–Crippen LogP) is 5.83. The summed E-state index contributed by atoms with van der Waals surface area (Å²) in [5.41, 5.74) is 4.43. The Bertz CT molecular complexity index is 1320. The Morgan fingerprint density at radius 1 is 1.05 bits per heavy atom. The number of benzene rings is 2. The lowest BCUT2D eigenvalue weighted by Crippen LogP contribution is -2.36. The minimum absolute atomic E-state index is 0.0651. The minimum Gasteiger partial charge on any atom is -0.493 e. The number of Topliss-reactive ketones (excluding diaryl/α,β-unsaturated/α-hetero) is 2. The molecule has 2 N–H and O–H groups in total. The van der Waals surface area contributed by atoms with Crippen molar-refractivity contribution in [1.82, 2.24) is 5.32 Å². The quantitative estimate of drug-likeness (QED) is 0.443. The summed E-state index contributed by atoms with van der Waals surface area (Å²) in [4.78, 5) is 38.7. The van der Waals surface area contributed by atoms with Crippen molar-refractivity contribution in [3.63, 3.8) is 0 Å². The van der Waals surface area contributed by atoms with Crippen LogP contribution < -0.4 is 20.1 Å². The lowest BCUT2D eigenvalue weighted by molar-refractivity contribution is -0.118. The Hall–Kier alpha value is -3.10. The van der Waals surface area contributed by atoms with Crippen LogP contribution >= 0.6 is 27.5 Å². The highest BCUT2D eigenvalue weighted by molar-refractivity contribution is 9.10. The molecule has 0 aromatic heterocycles. The van der Waals surface area contributed by atoms with Gasteiger partial charge in [0.25, 0.3) is 5.91 Å². The number of hydrogen-bond donors (Lipinski definition) is 2. The van der Waals surface area contributed by atoms with Gasteiger partial charge in [-0.2, -0.15) is 0 Å². The van der Waals surface area contributed by atoms with Crippen LogP contribution in [0.5, 0.6) is 11.5 Å². The van der Waals surface area contributed by atoms with Gasteiger partial charge >= 0.3 is 0 Å². The van der Waals surface area contributed by atoms with Crippen LogP contribution in [0.25, 0.3) is 0 Å². The van der Waals surface area contributed by atoms with Gasteiger partial charge in [0.1, 0.15) is 0 Å². The molecule has 1 aliphatic heterocycles. The first kappa shape index (κ1) is 25.5. The van der Waals surface area contributed by atoms with E-state index < -0.39 is 5.92 Å². The normalized spacial score (nSPS) is 17.7. The van der Waals surface area contributed by atoms with E-state index in [0.717, 1.165) is 42.6 Å². The number of hydrogen-bond acceptors (Lipinski definition) is 6. The Balaban J connectivity index is 1.46. The molecule has 37 heavy (non-hydrogen) atoms. The van der Waals surface area contributed by atoms with Crippen molar-refractivity contribution in [1.29, 1.82) is 0 Å². The smallest absolute Gasteiger partial charge is 0.262 e. The molecule has 0 fully saturated rings. The highest BCUT2D eigenvalue weighted by atomic mass is 79.9. The molecule has 0 saturated carbocycles. The zero-order valence-corrected chi connectivity index (χ0v) is 22.6. The van der Waals surface area contributed by atoms with Crippen LogP contribution in [-0.4, -0.2) is 31.2 Å². The SMILES string of the molecule is COc1cc(C2C3=C(CCCC3=O)NC3=C2C(=O)CCC3)cc(Br)c1OCC(=O)Nc1ccccc1Cl. The summed E-state index contributed by atoms with van der Waals surface area (Å²) in [5, 5.41) is 6.58. The molecule has 0 saturated heterocycles. The molecule has 0 spiro atoms. The van der Waals surface area contributed by atoms with Gasteiger partial charge in [-0.25, -0.2) is 0 Å². The van der Waals surface area contributed by atoms with Crippen LogP contribution in [0.4, 0.5) is 5.69 Å². The Morgan fingerprint density at radius 2 is 1.70 bits per heavy atom. The second-order valence-corrected chi connectivity index (χ2v) is 10.5. The molecule has 2 aliphatic carbocycles. The Morgan fingerprint density at radius 3 is 2.32 bits per heavy atom. The van der Waals surface area contributed by atoms with Gasteiger partial charge in [-0.15, -0.1) is 0 Å². The third-order valence-electron chi connectivity index (χ3n) is 6.87. The summed E-state index contributed by atoms with van der Waals surface area (Å²) in [7, 11) is 1.51. The highest BCUT2D eigenvalue weighted by Gasteiger charge is 2.40. The molecule has 0 unspecified atom stereocenters. The van der Waals surface area contributed by atoms with Crippen LogP contribution in [-0.2, 0) is 14.4 Å². The number of carbonyl (C=O) groups is 3. The molecule has 3 aliphatic rings. The third-order valence-corrected chi connectivity index (χ3v) is 7.79. The predicted molar refractivity (Wildman–Crippen MR) is 144 cm³/mol. The van der Waals surface area contributed by atoms with Crippen molar-refractivity contribution in [3.8, 4) is 11.5 Å². The molecule has 0 atom stereocenters. The lowest BCUT2D eigenvalue weighted by Gasteiger charge is -2.37. The van der Waals surface area contributed by atoms with E-state index in [4.69, 9.17) is 21.1 Å². The van der Waals surface area contributed by atoms with Crippen LogP contribution in [0, 0.1) is 0 Å². The number of ketones is 2. The van der Waals surface area contributed by atoms with Gasteiger partial charge in [-0.1, -0.05) is 23.7 Å². The van der Waals surface area contributed by atoms with E-state index in [9.17, 15) is 14.4 Å². The first-order valence-corrected chi connectivity index (χ1v) is 13.4. The average Bonchev–Trinajstić information content (AvgIpc) is 2.88. The third kappa shape index (κ3) is 5.05. The van der Waals surface area contributed by atoms with Crippen LogP contribution in [0.2, 0.25) is 5.02 Å². The number of carbonyl (C=O) groups excluding carboxylic acids is 3. The molecule has 2 aromatic carbocycles. The first-order chi connectivity index (χ1) is 17.9. The fraction of sp³-hybridized carbons (Fsp3) is 0.321. The standard InChI is InChI=1S/C28H26BrClN2O5/c1-36-23-13-15(12-16(29)28(23)37-14-24(35)32-18-7-3-2-6-17(18)30)25-26-19(8-4-10-21(26)33)31-20-9-5-11-22(34)27(20)25/h2-3,6-7,12-13,25,31H,4-5,8-11,14H2,1H3,(H,32,35). The average molecular weight is 586 g/mol. The second-order valence-electron chi connectivity index (χ2n) is 9.25. The monoisotopic (exact) mass is 584 g/mol. The second kappa shape index (κ2) is 10.7. The maximum absolute atomic E-state index is 13.1. The van der Waals surface area contributed by atoms with E-state index >= 15 is 0 Å². The van der Waals surface area contributed by atoms with Crippen LogP contribution in [0.3, 0.4) is 0 Å². The summed E-state index contributed by atoms with van der Waals surface area (Å²) in [5.74, 6) is 0.0297. The van der Waals surface area contributed by atoms with E-state index in [1.807, 2.05) is 6.07 Å². The van der Waals surface area contributed by atoms with E-state index in [1.165, 1.54) is 7.11 Å². The summed E-state index contributed by atoms with van der Waals surface area (Å²) in [6.07, 6.45) is 4.08. The minimum atomic E-state index is -0.463. The molecule has 1 heterocycles. The van der Waals surface area contributed by atoms with Gasteiger partial charge in [0.2, 0.25) is 0 Å². The van der Waals surface area contributed by atoms with Crippen molar-refractivity contribution < 1.29 is 23.9 Å². The largest absolute Gasteiger partial charge is 0.493 e. The number of halogens is 2. The topological polar surface area (TPSA) is 93.7 Å². The summed E-state index contributed by atoms with van der Waals surface area (Å²) >= 11 is 9.69. The number of rotatable bonds is 6. The molecule has 9 heteroatoms. The van der Waals surface area contributed by atoms with E-state index in [0.29, 0.717) is 50.7 Å². The summed E-state index contributed by atoms with van der Waals surface area (Å²) < 4.78 is 12.0. The van der Waals surface area contributed by atoms with E-state index in [1.54, 1.807) is 30.3 Å². The molecule has 7 nitrogen and oxygen atoms in total. The molecule has 192 valence electrons. The number of anilines is 1. The van der Waals surface area contributed by atoms with E-state index in [-0.39, 0.29) is 24.1 Å². The molecule has 0 bridgehead atoms. The Kier molecular flexibility index (Phi) is 7.40. The maximum Gasteiger partial charge on any atom is 0.262 e. The van der Waals surface area contributed by atoms with Gasteiger partial charge in [0.05, 0.1) is 22.3 Å². The first-order valence-electron chi connectivity index (χ1n) is 12.2. The van der Waals surface area contributed by atoms with Crippen LogP contribution in [0.15, 0.2) is 63.4 Å². The molecule has 5 rings (SSSR count). The number of allylic oxidation sites excluding steroid dienone is 4. The zero-order chi connectivity index (χ0) is 26.1. The van der Waals surface area contributed by atoms with Crippen molar-refractivity contribution in [2.45, 2.75) is 44.4 Å². The lowest BCUT2D eigenvalue weighted by atomic mass is 9.71. The summed E-state index contributed by atoms with van der Waals surface area (Å²) in [6.45, 7) is -0.269. The van der Waals surface area contributed by atoms with Gasteiger partial charge in [-0.05, 0) is 71.4 Å².